The molecule has 0 bridgehead atoms. The number of amides is 1. The van der Waals surface area contributed by atoms with Crippen LogP contribution in [-0.4, -0.2) is 46.3 Å². The Hall–Kier alpha value is -1.05. The number of rotatable bonds is 4. The molecule has 1 aliphatic heterocycles. The first-order chi connectivity index (χ1) is 13.1. The van der Waals surface area contributed by atoms with Crippen LogP contribution in [0.2, 0.25) is 0 Å². The van der Waals surface area contributed by atoms with Gasteiger partial charge in [0.25, 0.3) is 5.91 Å². The molecular formula is C20H34N4O2S. The number of piperidine rings is 1. The Morgan fingerprint density at radius 1 is 1.26 bits per heavy atom. The first kappa shape index (κ1) is 20.7. The zero-order valence-electron chi connectivity index (χ0n) is 16.7. The zero-order chi connectivity index (χ0) is 19.2. The minimum Gasteiger partial charge on any atom is -0.360 e. The normalized spacial score (nSPS) is 26.9. The SMILES string of the molecule is CSN1CCC(NC(=O)c2cc(C3CC3)on2)CC1C.NC1CCCCC1. The van der Waals surface area contributed by atoms with E-state index >= 15 is 0 Å². The number of carbonyl (C=O) groups is 1. The number of hydrogen-bond acceptors (Lipinski definition) is 6. The predicted molar refractivity (Wildman–Crippen MR) is 110 cm³/mol. The van der Waals surface area contributed by atoms with Gasteiger partial charge < -0.3 is 15.6 Å². The summed E-state index contributed by atoms with van der Waals surface area (Å²) in [6.07, 6.45) is 13.0. The fourth-order valence-corrected chi connectivity index (χ4v) is 4.64. The highest BCUT2D eigenvalue weighted by molar-refractivity contribution is 7.96. The Morgan fingerprint density at radius 2 is 2.00 bits per heavy atom. The van der Waals surface area contributed by atoms with Gasteiger partial charge in [-0.2, -0.15) is 0 Å². The lowest BCUT2D eigenvalue weighted by Crippen LogP contribution is -2.46. The fraction of sp³-hybridized carbons (Fsp3) is 0.800. The van der Waals surface area contributed by atoms with E-state index in [9.17, 15) is 4.79 Å². The maximum absolute atomic E-state index is 12.2. The van der Waals surface area contributed by atoms with Crippen molar-refractivity contribution in [2.24, 2.45) is 5.73 Å². The highest BCUT2D eigenvalue weighted by Crippen LogP contribution is 2.40. The summed E-state index contributed by atoms with van der Waals surface area (Å²) in [5.74, 6) is 1.25. The van der Waals surface area contributed by atoms with Gasteiger partial charge in [0.2, 0.25) is 0 Å². The molecular weight excluding hydrogens is 360 g/mol. The van der Waals surface area contributed by atoms with Gasteiger partial charge in [-0.15, -0.1) is 0 Å². The summed E-state index contributed by atoms with van der Waals surface area (Å²) in [6, 6.07) is 3.06. The first-order valence-electron chi connectivity index (χ1n) is 10.4. The van der Waals surface area contributed by atoms with E-state index in [4.69, 9.17) is 10.3 Å². The Balaban J connectivity index is 0.000000253. The third-order valence-corrected chi connectivity index (χ3v) is 6.79. The van der Waals surface area contributed by atoms with Crippen molar-refractivity contribution in [3.05, 3.63) is 17.5 Å². The van der Waals surface area contributed by atoms with Crippen LogP contribution in [0.5, 0.6) is 0 Å². The summed E-state index contributed by atoms with van der Waals surface area (Å²) in [7, 11) is 0. The molecule has 27 heavy (non-hydrogen) atoms. The van der Waals surface area contributed by atoms with Gasteiger partial charge in [-0.25, -0.2) is 4.31 Å². The van der Waals surface area contributed by atoms with Crippen molar-refractivity contribution in [1.29, 1.82) is 0 Å². The predicted octanol–water partition coefficient (Wildman–Crippen LogP) is 3.69. The Labute approximate surface area is 167 Å². The monoisotopic (exact) mass is 394 g/mol. The minimum absolute atomic E-state index is 0.101. The van der Waals surface area contributed by atoms with Crippen LogP contribution in [0.4, 0.5) is 0 Å². The summed E-state index contributed by atoms with van der Waals surface area (Å²) in [5, 5.41) is 6.98. The van der Waals surface area contributed by atoms with Gasteiger partial charge in [-0.05, 0) is 51.7 Å². The second-order valence-electron chi connectivity index (χ2n) is 8.15. The summed E-state index contributed by atoms with van der Waals surface area (Å²) < 4.78 is 7.60. The second kappa shape index (κ2) is 9.94. The summed E-state index contributed by atoms with van der Waals surface area (Å²) >= 11 is 1.78. The Bertz CT molecular complexity index is 599. The number of nitrogens with zero attached hydrogens (tertiary/aromatic N) is 2. The van der Waals surface area contributed by atoms with Crippen LogP contribution in [0.1, 0.15) is 86.9 Å². The largest absolute Gasteiger partial charge is 0.360 e. The van der Waals surface area contributed by atoms with Crippen LogP contribution >= 0.6 is 11.9 Å². The van der Waals surface area contributed by atoms with Gasteiger partial charge in [-0.3, -0.25) is 4.79 Å². The average Bonchev–Trinajstić information content (AvgIpc) is 3.39. The van der Waals surface area contributed by atoms with Gasteiger partial charge in [0.15, 0.2) is 5.69 Å². The van der Waals surface area contributed by atoms with Crippen LogP contribution in [0.3, 0.4) is 0 Å². The van der Waals surface area contributed by atoms with Crippen LogP contribution in [0.25, 0.3) is 0 Å². The molecule has 3 aliphatic rings. The van der Waals surface area contributed by atoms with E-state index < -0.39 is 0 Å². The van der Waals surface area contributed by atoms with E-state index in [1.54, 1.807) is 18.0 Å². The molecule has 2 aliphatic carbocycles. The van der Waals surface area contributed by atoms with Crippen LogP contribution in [-0.2, 0) is 0 Å². The Morgan fingerprint density at radius 3 is 2.56 bits per heavy atom. The van der Waals surface area contributed by atoms with Crippen LogP contribution < -0.4 is 11.1 Å². The van der Waals surface area contributed by atoms with Gasteiger partial charge in [-0.1, -0.05) is 36.4 Å². The zero-order valence-corrected chi connectivity index (χ0v) is 17.5. The molecule has 1 aromatic rings. The van der Waals surface area contributed by atoms with Crippen molar-refractivity contribution in [3.8, 4) is 0 Å². The molecule has 1 aromatic heterocycles. The second-order valence-corrected chi connectivity index (χ2v) is 8.99. The van der Waals surface area contributed by atoms with Crippen molar-refractivity contribution < 1.29 is 9.32 Å². The molecule has 6 nitrogen and oxygen atoms in total. The third kappa shape index (κ3) is 6.22. The van der Waals surface area contributed by atoms with Gasteiger partial charge in [0, 0.05) is 36.7 Å². The topological polar surface area (TPSA) is 84.4 Å². The molecule has 4 rings (SSSR count). The van der Waals surface area contributed by atoms with E-state index in [-0.39, 0.29) is 11.9 Å². The number of aromatic nitrogens is 1. The quantitative estimate of drug-likeness (QED) is 0.758. The molecule has 1 amide bonds. The molecule has 3 N–H and O–H groups in total. The molecule has 2 atom stereocenters. The molecule has 2 unspecified atom stereocenters. The lowest BCUT2D eigenvalue weighted by molar-refractivity contribution is 0.0907. The Kier molecular flexibility index (Phi) is 7.61. The van der Waals surface area contributed by atoms with Gasteiger partial charge in [0.1, 0.15) is 5.76 Å². The molecule has 2 heterocycles. The first-order valence-corrected chi connectivity index (χ1v) is 11.6. The van der Waals surface area contributed by atoms with Crippen molar-refractivity contribution in [2.75, 3.05) is 12.8 Å². The molecule has 3 fully saturated rings. The van der Waals surface area contributed by atoms with Crippen molar-refractivity contribution in [1.82, 2.24) is 14.8 Å². The molecule has 2 saturated carbocycles. The van der Waals surface area contributed by atoms with Crippen molar-refractivity contribution in [3.63, 3.8) is 0 Å². The number of hydrogen-bond donors (Lipinski definition) is 2. The summed E-state index contributed by atoms with van der Waals surface area (Å²) in [6.45, 7) is 3.22. The van der Waals surface area contributed by atoms with Crippen LogP contribution in [0.15, 0.2) is 10.6 Å². The minimum atomic E-state index is -0.101. The molecule has 0 spiro atoms. The highest BCUT2D eigenvalue weighted by atomic mass is 32.2. The molecule has 7 heteroatoms. The molecule has 1 saturated heterocycles. The lowest BCUT2D eigenvalue weighted by Gasteiger charge is -2.36. The van der Waals surface area contributed by atoms with E-state index in [1.807, 2.05) is 0 Å². The van der Waals surface area contributed by atoms with Crippen molar-refractivity contribution >= 4 is 17.9 Å². The number of nitrogens with one attached hydrogen (secondary N) is 1. The molecule has 152 valence electrons. The van der Waals surface area contributed by atoms with E-state index in [1.165, 1.54) is 32.1 Å². The van der Waals surface area contributed by atoms with E-state index in [2.05, 4.69) is 28.0 Å². The standard InChI is InChI=1S/C14H21N3O2S.C6H13N/c1-9-7-11(5-6-17(9)20-2)15-14(18)12-8-13(19-16-12)10-3-4-10;7-6-4-2-1-3-5-6/h8-11H,3-7H2,1-2H3,(H,15,18);6H,1-5,7H2. The van der Waals surface area contributed by atoms with Crippen molar-refractivity contribution in [2.45, 2.75) is 88.8 Å². The lowest BCUT2D eigenvalue weighted by atomic mass is 9.97. The van der Waals surface area contributed by atoms with Crippen LogP contribution in [0, 0.1) is 0 Å². The van der Waals surface area contributed by atoms with Gasteiger partial charge in [0.05, 0.1) is 0 Å². The third-order valence-electron chi connectivity index (χ3n) is 5.78. The molecule has 0 radical (unpaired) electrons. The smallest absolute Gasteiger partial charge is 0.273 e. The molecule has 0 aromatic carbocycles. The van der Waals surface area contributed by atoms with Gasteiger partial charge >= 0.3 is 0 Å². The number of nitrogens with two attached hydrogens (primary N) is 1. The average molecular weight is 395 g/mol. The maximum atomic E-state index is 12.2. The summed E-state index contributed by atoms with van der Waals surface area (Å²) in [4.78, 5) is 12.2. The maximum Gasteiger partial charge on any atom is 0.273 e. The fourth-order valence-electron chi connectivity index (χ4n) is 3.90. The summed E-state index contributed by atoms with van der Waals surface area (Å²) in [5.41, 5.74) is 6.06. The van der Waals surface area contributed by atoms with E-state index in [0.717, 1.165) is 38.0 Å². The highest BCUT2D eigenvalue weighted by Gasteiger charge is 2.30. The number of carbonyl (C=O) groups excluding carboxylic acids is 1. The van der Waals surface area contributed by atoms with E-state index in [0.29, 0.717) is 23.7 Å².